The maximum atomic E-state index is 13.5. The maximum Gasteiger partial charge on any atom is 0.196 e. The van der Waals surface area contributed by atoms with E-state index in [2.05, 4.69) is 28.2 Å². The van der Waals surface area contributed by atoms with Gasteiger partial charge in [-0.05, 0) is 57.3 Å². The zero-order valence-electron chi connectivity index (χ0n) is 18.6. The lowest BCUT2D eigenvalue weighted by molar-refractivity contribution is 0.102. The molecule has 2 heterocycles. The van der Waals surface area contributed by atoms with Gasteiger partial charge in [0.05, 0.1) is 11.8 Å². The standard InChI is InChI=1S/C24H26FN5OS/c1-5-16-7-6-8-19-20(13-26-22(16)19)21(31)14-32-24-28-27-23(15(2)29(3)4)30(24)18-11-9-17(25)10-12-18/h6-13,15,26H,5,14H2,1-4H3/t15-/m1/s1. The van der Waals surface area contributed by atoms with E-state index in [1.54, 1.807) is 18.3 Å². The van der Waals surface area contributed by atoms with Crippen LogP contribution in [0.3, 0.4) is 0 Å². The Morgan fingerprint density at radius 3 is 2.62 bits per heavy atom. The Kier molecular flexibility index (Phi) is 6.43. The molecule has 166 valence electrons. The van der Waals surface area contributed by atoms with Gasteiger partial charge in [0.2, 0.25) is 0 Å². The number of thioether (sulfide) groups is 1. The minimum absolute atomic E-state index is 0.0151. The van der Waals surface area contributed by atoms with Crippen molar-refractivity contribution in [3.63, 3.8) is 0 Å². The highest BCUT2D eigenvalue weighted by Crippen LogP contribution is 2.29. The Bertz CT molecular complexity index is 1250. The minimum Gasteiger partial charge on any atom is -0.360 e. The van der Waals surface area contributed by atoms with E-state index in [1.165, 1.54) is 29.5 Å². The van der Waals surface area contributed by atoms with Crippen molar-refractivity contribution in [3.05, 3.63) is 71.4 Å². The van der Waals surface area contributed by atoms with E-state index in [-0.39, 0.29) is 23.4 Å². The van der Waals surface area contributed by atoms with Crippen LogP contribution in [0.15, 0.2) is 53.8 Å². The number of aromatic nitrogens is 4. The Labute approximate surface area is 190 Å². The number of Topliss-reactive ketones (excluding diaryl/α,β-unsaturated/α-hetero) is 1. The fourth-order valence-electron chi connectivity index (χ4n) is 3.66. The topological polar surface area (TPSA) is 66.8 Å². The SMILES string of the molecule is CCc1cccc2c(C(=O)CSc3nnc([C@@H](C)N(C)C)n3-c3ccc(F)cc3)c[nH]c12. The Morgan fingerprint density at radius 1 is 1.19 bits per heavy atom. The summed E-state index contributed by atoms with van der Waals surface area (Å²) >= 11 is 1.33. The molecule has 8 heteroatoms. The number of hydrogen-bond acceptors (Lipinski definition) is 5. The number of aromatic amines is 1. The molecule has 0 saturated carbocycles. The van der Waals surface area contributed by atoms with Gasteiger partial charge in [0.25, 0.3) is 0 Å². The van der Waals surface area contributed by atoms with Crippen LogP contribution in [0.2, 0.25) is 0 Å². The van der Waals surface area contributed by atoms with Crippen molar-refractivity contribution in [1.29, 1.82) is 0 Å². The summed E-state index contributed by atoms with van der Waals surface area (Å²) in [5, 5.41) is 10.3. The van der Waals surface area contributed by atoms with Crippen LogP contribution in [0.1, 0.15) is 41.6 Å². The summed E-state index contributed by atoms with van der Waals surface area (Å²) < 4.78 is 15.4. The number of aryl methyl sites for hydroxylation is 1. The largest absolute Gasteiger partial charge is 0.360 e. The molecule has 0 saturated heterocycles. The molecule has 0 aliphatic carbocycles. The van der Waals surface area contributed by atoms with E-state index < -0.39 is 0 Å². The molecule has 32 heavy (non-hydrogen) atoms. The molecular formula is C24H26FN5OS. The highest BCUT2D eigenvalue weighted by atomic mass is 32.2. The van der Waals surface area contributed by atoms with Crippen molar-refractivity contribution >= 4 is 28.4 Å². The summed E-state index contributed by atoms with van der Waals surface area (Å²) in [4.78, 5) is 18.4. The van der Waals surface area contributed by atoms with Gasteiger partial charge in [0.1, 0.15) is 5.82 Å². The highest BCUT2D eigenvalue weighted by Gasteiger charge is 2.22. The second-order valence-corrected chi connectivity index (χ2v) is 8.84. The molecule has 0 radical (unpaired) electrons. The molecule has 0 aliphatic heterocycles. The van der Waals surface area contributed by atoms with Gasteiger partial charge in [0.15, 0.2) is 16.8 Å². The fourth-order valence-corrected chi connectivity index (χ4v) is 4.50. The van der Waals surface area contributed by atoms with Gasteiger partial charge in [0, 0.05) is 28.4 Å². The van der Waals surface area contributed by atoms with E-state index in [4.69, 9.17) is 0 Å². The van der Waals surface area contributed by atoms with Crippen molar-refractivity contribution in [1.82, 2.24) is 24.6 Å². The van der Waals surface area contributed by atoms with Crippen LogP contribution in [0.5, 0.6) is 0 Å². The number of benzene rings is 2. The number of nitrogens with one attached hydrogen (secondary N) is 1. The van der Waals surface area contributed by atoms with Crippen LogP contribution in [-0.2, 0) is 6.42 Å². The number of H-pyrrole nitrogens is 1. The molecule has 0 fully saturated rings. The third-order valence-electron chi connectivity index (χ3n) is 5.71. The van der Waals surface area contributed by atoms with E-state index in [1.807, 2.05) is 42.6 Å². The molecule has 1 atom stereocenters. The van der Waals surface area contributed by atoms with E-state index >= 15 is 0 Å². The van der Waals surface area contributed by atoms with Gasteiger partial charge in [-0.2, -0.15) is 0 Å². The molecule has 0 bridgehead atoms. The minimum atomic E-state index is -0.306. The average molecular weight is 452 g/mol. The van der Waals surface area contributed by atoms with E-state index in [0.717, 1.165) is 28.8 Å². The third-order valence-corrected chi connectivity index (χ3v) is 6.64. The first-order valence-electron chi connectivity index (χ1n) is 10.5. The number of nitrogens with zero attached hydrogens (tertiary/aromatic N) is 4. The van der Waals surface area contributed by atoms with Crippen molar-refractivity contribution in [2.75, 3.05) is 19.8 Å². The molecule has 0 amide bonds. The molecular weight excluding hydrogens is 425 g/mol. The van der Waals surface area contributed by atoms with Crippen LogP contribution in [-0.4, -0.2) is 50.3 Å². The average Bonchev–Trinajstić information content (AvgIpc) is 3.41. The monoisotopic (exact) mass is 451 g/mol. The van der Waals surface area contributed by atoms with E-state index in [9.17, 15) is 9.18 Å². The van der Waals surface area contributed by atoms with Gasteiger partial charge >= 0.3 is 0 Å². The Hall–Kier alpha value is -2.97. The maximum absolute atomic E-state index is 13.5. The lowest BCUT2D eigenvalue weighted by atomic mass is 10.1. The van der Waals surface area contributed by atoms with Crippen LogP contribution in [0.4, 0.5) is 4.39 Å². The number of fused-ring (bicyclic) bond motifs is 1. The number of rotatable bonds is 8. The third kappa shape index (κ3) is 4.20. The van der Waals surface area contributed by atoms with Gasteiger partial charge in [-0.3, -0.25) is 14.3 Å². The lowest BCUT2D eigenvalue weighted by Crippen LogP contribution is -2.20. The highest BCUT2D eigenvalue weighted by molar-refractivity contribution is 7.99. The zero-order valence-corrected chi connectivity index (χ0v) is 19.4. The number of carbonyl (C=O) groups is 1. The molecule has 6 nitrogen and oxygen atoms in total. The summed E-state index contributed by atoms with van der Waals surface area (Å²) in [7, 11) is 3.93. The van der Waals surface area contributed by atoms with Crippen LogP contribution in [0, 0.1) is 5.82 Å². The molecule has 0 unspecified atom stereocenters. The van der Waals surface area contributed by atoms with Crippen molar-refractivity contribution in [3.8, 4) is 5.69 Å². The second kappa shape index (κ2) is 9.26. The van der Waals surface area contributed by atoms with Gasteiger partial charge in [-0.25, -0.2) is 4.39 Å². The molecule has 2 aromatic heterocycles. The van der Waals surface area contributed by atoms with Crippen LogP contribution < -0.4 is 0 Å². The number of hydrogen-bond donors (Lipinski definition) is 1. The van der Waals surface area contributed by atoms with Crippen molar-refractivity contribution in [2.45, 2.75) is 31.5 Å². The summed E-state index contributed by atoms with van der Waals surface area (Å²) in [6, 6.07) is 12.2. The normalized spacial score (nSPS) is 12.6. The summed E-state index contributed by atoms with van der Waals surface area (Å²) in [6.45, 7) is 4.13. The van der Waals surface area contributed by atoms with Gasteiger partial charge in [-0.1, -0.05) is 36.9 Å². The first-order valence-corrected chi connectivity index (χ1v) is 11.5. The summed E-state index contributed by atoms with van der Waals surface area (Å²) in [5.41, 5.74) is 3.64. The first kappa shape index (κ1) is 22.2. The second-order valence-electron chi connectivity index (χ2n) is 7.90. The summed E-state index contributed by atoms with van der Waals surface area (Å²) in [6.07, 6.45) is 2.69. The molecule has 0 spiro atoms. The van der Waals surface area contributed by atoms with Gasteiger partial charge in [-0.15, -0.1) is 10.2 Å². The Balaban J connectivity index is 1.63. The number of ketones is 1. The fraction of sp³-hybridized carbons (Fsp3) is 0.292. The van der Waals surface area contributed by atoms with Crippen LogP contribution in [0.25, 0.3) is 16.6 Å². The smallest absolute Gasteiger partial charge is 0.196 e. The van der Waals surface area contributed by atoms with E-state index in [0.29, 0.717) is 10.7 Å². The number of para-hydroxylation sites is 1. The van der Waals surface area contributed by atoms with Crippen LogP contribution >= 0.6 is 11.8 Å². The van der Waals surface area contributed by atoms with Crippen molar-refractivity contribution in [2.24, 2.45) is 0 Å². The quantitative estimate of drug-likeness (QED) is 0.300. The van der Waals surface area contributed by atoms with Gasteiger partial charge < -0.3 is 4.98 Å². The molecule has 1 N–H and O–H groups in total. The van der Waals surface area contributed by atoms with Crippen molar-refractivity contribution < 1.29 is 9.18 Å². The predicted octanol–water partition coefficient (Wildman–Crippen LogP) is 5.05. The molecule has 4 rings (SSSR count). The lowest BCUT2D eigenvalue weighted by Gasteiger charge is -2.20. The number of carbonyl (C=O) groups excluding carboxylic acids is 1. The Morgan fingerprint density at radius 2 is 1.94 bits per heavy atom. The predicted molar refractivity (Wildman–Crippen MR) is 126 cm³/mol. The molecule has 4 aromatic rings. The zero-order chi connectivity index (χ0) is 22.8. The summed E-state index contributed by atoms with van der Waals surface area (Å²) in [5.74, 6) is 0.666. The molecule has 0 aliphatic rings. The first-order chi connectivity index (χ1) is 15.4. The number of halogens is 1. The molecule has 2 aromatic carbocycles.